The summed E-state index contributed by atoms with van der Waals surface area (Å²) in [6.07, 6.45) is 5.08. The maximum absolute atomic E-state index is 14.2. The molecular weight excluding hydrogens is 612 g/mol. The molecule has 1 aromatic rings. The molecule has 0 saturated carbocycles. The van der Waals surface area contributed by atoms with Crippen molar-refractivity contribution < 1.29 is 33.6 Å². The third-order valence-corrected chi connectivity index (χ3v) is 11.1. The number of esters is 1. The number of ketones is 1. The fourth-order valence-corrected chi connectivity index (χ4v) is 8.08. The topological polar surface area (TPSA) is 114 Å². The molecule has 9 atom stereocenters. The van der Waals surface area contributed by atoms with E-state index in [4.69, 9.17) is 18.9 Å². The van der Waals surface area contributed by atoms with E-state index in [2.05, 4.69) is 34.8 Å². The number of nitrogens with zero attached hydrogens (tertiary/aromatic N) is 4. The molecule has 4 rings (SSSR count). The highest BCUT2D eigenvalue weighted by Crippen LogP contribution is 2.38. The van der Waals surface area contributed by atoms with Crippen molar-refractivity contribution >= 4 is 11.8 Å². The number of carbonyl (C=O) groups excluding carboxylic acids is 2. The van der Waals surface area contributed by atoms with E-state index in [9.17, 15) is 14.7 Å². The molecule has 0 spiro atoms. The molecule has 48 heavy (non-hydrogen) atoms. The minimum atomic E-state index is -1.42. The highest BCUT2D eigenvalue weighted by molar-refractivity contribution is 6.04. The molecule has 11 heteroatoms. The van der Waals surface area contributed by atoms with Gasteiger partial charge in [0.25, 0.3) is 0 Å². The number of pyridine rings is 1. The molecule has 11 nitrogen and oxygen atoms in total. The summed E-state index contributed by atoms with van der Waals surface area (Å²) in [5, 5.41) is 11.3. The van der Waals surface area contributed by atoms with Crippen molar-refractivity contribution in [2.45, 2.75) is 122 Å². The van der Waals surface area contributed by atoms with E-state index in [1.165, 1.54) is 11.1 Å². The zero-order valence-electron chi connectivity index (χ0n) is 31.1. The maximum Gasteiger partial charge on any atom is 0.319 e. The number of carbonyl (C=O) groups is 2. The van der Waals surface area contributed by atoms with Gasteiger partial charge in [-0.25, -0.2) is 0 Å². The maximum atomic E-state index is 14.2. The van der Waals surface area contributed by atoms with Crippen LogP contribution in [0.25, 0.3) is 0 Å². The van der Waals surface area contributed by atoms with Crippen molar-refractivity contribution in [1.82, 2.24) is 19.7 Å². The number of rotatable bonds is 8. The molecule has 0 unspecified atom stereocenters. The Kier molecular flexibility index (Phi) is 13.2. The second kappa shape index (κ2) is 16.4. The summed E-state index contributed by atoms with van der Waals surface area (Å²) < 4.78 is 25.0. The predicted molar refractivity (Wildman–Crippen MR) is 184 cm³/mol. The highest BCUT2D eigenvalue weighted by Gasteiger charge is 2.51. The Balaban J connectivity index is 1.54. The number of aliphatic hydroxyl groups is 1. The van der Waals surface area contributed by atoms with Gasteiger partial charge in [0.1, 0.15) is 18.1 Å². The lowest BCUT2D eigenvalue weighted by molar-refractivity contribution is -0.295. The van der Waals surface area contributed by atoms with Gasteiger partial charge in [0, 0.05) is 57.1 Å². The fourth-order valence-electron chi connectivity index (χ4n) is 8.08. The quantitative estimate of drug-likeness (QED) is 0.323. The van der Waals surface area contributed by atoms with E-state index >= 15 is 0 Å². The molecule has 0 radical (unpaired) electrons. The van der Waals surface area contributed by atoms with Gasteiger partial charge in [-0.2, -0.15) is 0 Å². The van der Waals surface area contributed by atoms with Crippen LogP contribution in [-0.4, -0.2) is 133 Å². The lowest BCUT2D eigenvalue weighted by Crippen LogP contribution is -2.59. The summed E-state index contributed by atoms with van der Waals surface area (Å²) in [5.74, 6) is -1.44. The SMILES string of the molecule is CO[C@]1(C)C[C@@H](C)CN(C)[C@@H](CCCN2CCc3ccncc3C2)COC(=O)C(C)(C)C(=O)[C@H](C)[C@H]1O[C@@H]1O[C@H](C)C[C@H](N(C)C)[C@H]1O. The van der Waals surface area contributed by atoms with E-state index in [1.54, 1.807) is 27.9 Å². The monoisotopic (exact) mass is 674 g/mol. The number of cyclic esters (lactones) is 1. The van der Waals surface area contributed by atoms with Crippen molar-refractivity contribution in [3.63, 3.8) is 0 Å². The lowest BCUT2D eigenvalue weighted by atomic mass is 9.74. The Morgan fingerprint density at radius 3 is 2.56 bits per heavy atom. The molecule has 0 aliphatic carbocycles. The number of hydrogen-bond donors (Lipinski definition) is 1. The van der Waals surface area contributed by atoms with Gasteiger partial charge >= 0.3 is 5.97 Å². The molecule has 0 bridgehead atoms. The Morgan fingerprint density at radius 2 is 1.88 bits per heavy atom. The molecule has 0 amide bonds. The normalized spacial score (nSPS) is 36.1. The van der Waals surface area contributed by atoms with Crippen LogP contribution in [0.1, 0.15) is 78.4 Å². The van der Waals surface area contributed by atoms with Crippen molar-refractivity contribution in [1.29, 1.82) is 0 Å². The summed E-state index contributed by atoms with van der Waals surface area (Å²) in [6, 6.07) is 1.94. The summed E-state index contributed by atoms with van der Waals surface area (Å²) in [5.41, 5.74) is 0.343. The lowest BCUT2D eigenvalue weighted by Gasteiger charge is -2.47. The van der Waals surface area contributed by atoms with E-state index in [-0.39, 0.29) is 36.5 Å². The zero-order valence-corrected chi connectivity index (χ0v) is 31.1. The van der Waals surface area contributed by atoms with Gasteiger partial charge in [-0.05, 0) is 111 Å². The second-order valence-corrected chi connectivity index (χ2v) is 15.7. The fraction of sp³-hybridized carbons (Fsp3) is 0.811. The first-order valence-electron chi connectivity index (χ1n) is 17.8. The van der Waals surface area contributed by atoms with E-state index in [0.29, 0.717) is 12.8 Å². The first-order chi connectivity index (χ1) is 22.6. The van der Waals surface area contributed by atoms with Crippen LogP contribution in [0.15, 0.2) is 18.5 Å². The Labute approximate surface area is 288 Å². The summed E-state index contributed by atoms with van der Waals surface area (Å²) in [4.78, 5) is 39.0. The number of ether oxygens (including phenoxy) is 4. The van der Waals surface area contributed by atoms with Crippen LogP contribution >= 0.6 is 0 Å². The molecule has 3 aliphatic heterocycles. The van der Waals surface area contributed by atoms with Gasteiger partial charge in [-0.1, -0.05) is 13.8 Å². The first-order valence-corrected chi connectivity index (χ1v) is 17.8. The average Bonchev–Trinajstić information content (AvgIpc) is 3.04. The van der Waals surface area contributed by atoms with Gasteiger partial charge < -0.3 is 29.0 Å². The third kappa shape index (κ3) is 9.02. The van der Waals surface area contributed by atoms with Crippen LogP contribution in [0.2, 0.25) is 0 Å². The molecule has 2 saturated heterocycles. The number of likely N-dealkylation sites (N-methyl/N-ethyl adjacent to an activating group) is 2. The number of aliphatic hydroxyl groups excluding tert-OH is 1. The van der Waals surface area contributed by atoms with Crippen LogP contribution in [0, 0.1) is 17.3 Å². The minimum absolute atomic E-state index is 0.00434. The average molecular weight is 675 g/mol. The number of fused-ring (bicyclic) bond motifs is 1. The molecule has 1 N–H and O–H groups in total. The van der Waals surface area contributed by atoms with Crippen molar-refractivity contribution in [3.05, 3.63) is 29.6 Å². The van der Waals surface area contributed by atoms with E-state index in [1.807, 2.05) is 45.2 Å². The summed E-state index contributed by atoms with van der Waals surface area (Å²) in [6.45, 7) is 15.0. The Morgan fingerprint density at radius 1 is 1.15 bits per heavy atom. The molecule has 3 aliphatic rings. The van der Waals surface area contributed by atoms with Gasteiger partial charge in [0.05, 0.1) is 17.8 Å². The predicted octanol–water partition coefficient (Wildman–Crippen LogP) is 3.55. The molecule has 2 fully saturated rings. The van der Waals surface area contributed by atoms with Crippen LogP contribution in [0.5, 0.6) is 0 Å². The molecule has 4 heterocycles. The van der Waals surface area contributed by atoms with Crippen LogP contribution in [0.3, 0.4) is 0 Å². The molecule has 1 aromatic heterocycles. The van der Waals surface area contributed by atoms with Crippen molar-refractivity contribution in [3.8, 4) is 0 Å². The standard InChI is InChI=1S/C37H62N4O7/c1-24-19-37(6,45-10)33(48-34-31(42)30(39(7)8)18-25(2)47-34)26(3)32(43)36(4,5)35(44)46-23-29(40(9)21-24)12-11-16-41-17-14-27-13-15-38-20-28(27)22-41/h13,15,20,24-26,29-31,33-34,42H,11-12,14,16-19,21-23H2,1-10H3/t24-,25-,26+,29+,30+,31-,33-,34+,37-/m1/s1. The molecule has 272 valence electrons. The van der Waals surface area contributed by atoms with E-state index in [0.717, 1.165) is 45.4 Å². The zero-order chi connectivity index (χ0) is 35.4. The second-order valence-electron chi connectivity index (χ2n) is 15.7. The summed E-state index contributed by atoms with van der Waals surface area (Å²) >= 11 is 0. The number of hydrogen-bond acceptors (Lipinski definition) is 11. The number of methoxy groups -OCH3 is 1. The third-order valence-electron chi connectivity index (χ3n) is 11.1. The Bertz CT molecular complexity index is 1230. The number of aromatic nitrogens is 1. The van der Waals surface area contributed by atoms with Crippen LogP contribution in [-0.2, 0) is 41.5 Å². The molecular formula is C37H62N4O7. The van der Waals surface area contributed by atoms with Gasteiger partial charge in [-0.15, -0.1) is 0 Å². The smallest absolute Gasteiger partial charge is 0.319 e. The van der Waals surface area contributed by atoms with E-state index < -0.39 is 41.4 Å². The van der Waals surface area contributed by atoms with Crippen LogP contribution in [0.4, 0.5) is 0 Å². The van der Waals surface area contributed by atoms with Crippen molar-refractivity contribution in [2.75, 3.05) is 54.5 Å². The van der Waals surface area contributed by atoms with Gasteiger partial charge in [0.2, 0.25) is 0 Å². The van der Waals surface area contributed by atoms with Gasteiger partial charge in [0.15, 0.2) is 12.1 Å². The Hall–Kier alpha value is -1.99. The highest BCUT2D eigenvalue weighted by atomic mass is 16.7. The van der Waals surface area contributed by atoms with Gasteiger partial charge in [-0.3, -0.25) is 24.4 Å². The largest absolute Gasteiger partial charge is 0.463 e. The summed E-state index contributed by atoms with van der Waals surface area (Å²) in [7, 11) is 7.58. The minimum Gasteiger partial charge on any atom is -0.463 e. The van der Waals surface area contributed by atoms with Crippen molar-refractivity contribution in [2.24, 2.45) is 17.3 Å². The van der Waals surface area contributed by atoms with Crippen LogP contribution < -0.4 is 0 Å². The first kappa shape index (κ1) is 38.8. The number of Topliss-reactive ketones (excluding diaryl/α,β-unsaturated/α-hetero) is 1. The molecule has 0 aromatic carbocycles.